The van der Waals surface area contributed by atoms with Gasteiger partial charge in [0.05, 0.1) is 18.5 Å². The van der Waals surface area contributed by atoms with E-state index in [0.29, 0.717) is 21.5 Å². The third-order valence-corrected chi connectivity index (χ3v) is 3.68. The van der Waals surface area contributed by atoms with Gasteiger partial charge in [-0.05, 0) is 0 Å². The van der Waals surface area contributed by atoms with Crippen LogP contribution in [0.5, 0.6) is 0 Å². The van der Waals surface area contributed by atoms with Crippen LogP contribution in [0.3, 0.4) is 0 Å². The van der Waals surface area contributed by atoms with Crippen molar-refractivity contribution < 1.29 is 20.1 Å². The quantitative estimate of drug-likeness (QED) is 0.463. The summed E-state index contributed by atoms with van der Waals surface area (Å²) in [4.78, 5) is 6.93. The molecule has 2 aromatic heterocycles. The number of aliphatic hydroxyl groups excluding tert-OH is 3. The molecule has 1 unspecified atom stereocenters. The van der Waals surface area contributed by atoms with Crippen molar-refractivity contribution in [2.45, 2.75) is 24.5 Å². The Morgan fingerprint density at radius 3 is 2.85 bits per heavy atom. The Hall–Kier alpha value is -1.52. The number of H-pyrrole nitrogens is 1. The molecule has 6 N–H and O–H groups in total. The van der Waals surface area contributed by atoms with E-state index in [9.17, 15) is 10.2 Å². The zero-order valence-corrected chi connectivity index (χ0v) is 11.1. The number of ether oxygens (including phenoxy) is 1. The van der Waals surface area contributed by atoms with Crippen LogP contribution >= 0.6 is 12.2 Å². The lowest BCUT2D eigenvalue weighted by atomic mass is 10.1. The van der Waals surface area contributed by atoms with Gasteiger partial charge < -0.3 is 35.3 Å². The van der Waals surface area contributed by atoms with E-state index in [-0.39, 0.29) is 6.61 Å². The second-order valence-corrected chi connectivity index (χ2v) is 5.08. The molecule has 1 aliphatic heterocycles. The Morgan fingerprint density at radius 1 is 1.45 bits per heavy atom. The van der Waals surface area contributed by atoms with E-state index in [2.05, 4.69) is 9.97 Å². The van der Waals surface area contributed by atoms with Crippen molar-refractivity contribution in [2.75, 3.05) is 12.3 Å². The number of nitrogen functional groups attached to an aromatic ring is 1. The van der Waals surface area contributed by atoms with Gasteiger partial charge in [0.25, 0.3) is 0 Å². The smallest absolute Gasteiger partial charge is 0.164 e. The number of rotatable bonds is 2. The van der Waals surface area contributed by atoms with Crippen LogP contribution in [0, 0.1) is 4.64 Å². The SMILES string of the molecule is Nc1cc2c(ncn2C2O[C@H](CO)[C@@H](O)[C@H]2O)c(=S)[nH]1. The fourth-order valence-electron chi connectivity index (χ4n) is 2.37. The number of pyridine rings is 1. The molecule has 8 nitrogen and oxygen atoms in total. The summed E-state index contributed by atoms with van der Waals surface area (Å²) >= 11 is 5.12. The Kier molecular flexibility index (Phi) is 3.22. The molecule has 20 heavy (non-hydrogen) atoms. The van der Waals surface area contributed by atoms with Gasteiger partial charge in [0, 0.05) is 6.07 Å². The molecule has 0 radical (unpaired) electrons. The first kappa shape index (κ1) is 13.5. The summed E-state index contributed by atoms with van der Waals surface area (Å²) in [5.74, 6) is 0.357. The van der Waals surface area contributed by atoms with Gasteiger partial charge >= 0.3 is 0 Å². The fourth-order valence-corrected chi connectivity index (χ4v) is 2.65. The first-order chi connectivity index (χ1) is 9.52. The standard InChI is InChI=1S/C11H14N4O4S/c12-6-1-4-7(10(20)14-6)13-3-15(4)11-9(18)8(17)5(2-16)19-11/h1,3,5,8-9,11,16-18H,2H2,(H3,12,14,20)/t5-,8-,9-,11?/m1/s1. The second kappa shape index (κ2) is 4.79. The predicted molar refractivity (Wildman–Crippen MR) is 72.3 cm³/mol. The molecule has 0 amide bonds. The van der Waals surface area contributed by atoms with E-state index in [1.54, 1.807) is 10.6 Å². The molecule has 108 valence electrons. The minimum atomic E-state index is -1.18. The van der Waals surface area contributed by atoms with E-state index in [0.717, 1.165) is 0 Å². The molecule has 1 saturated heterocycles. The molecule has 9 heteroatoms. The summed E-state index contributed by atoms with van der Waals surface area (Å²) in [5, 5.41) is 28.9. The number of aliphatic hydroxyl groups is 3. The van der Waals surface area contributed by atoms with Crippen LogP contribution in [0.1, 0.15) is 6.23 Å². The minimum absolute atomic E-state index is 0.357. The maximum atomic E-state index is 10.0. The number of fused-ring (bicyclic) bond motifs is 1. The fraction of sp³-hybridized carbons (Fsp3) is 0.455. The number of nitrogens with one attached hydrogen (secondary N) is 1. The van der Waals surface area contributed by atoms with Crippen molar-refractivity contribution in [3.8, 4) is 0 Å². The summed E-state index contributed by atoms with van der Waals surface area (Å²) in [5.41, 5.74) is 6.82. The number of aromatic amines is 1. The predicted octanol–water partition coefficient (Wildman–Crippen LogP) is -0.712. The third kappa shape index (κ3) is 1.91. The number of nitrogens with two attached hydrogens (primary N) is 1. The maximum Gasteiger partial charge on any atom is 0.164 e. The Bertz CT molecular complexity index is 699. The second-order valence-electron chi connectivity index (χ2n) is 4.67. The van der Waals surface area contributed by atoms with E-state index < -0.39 is 24.5 Å². The Labute approximate surface area is 118 Å². The summed E-state index contributed by atoms with van der Waals surface area (Å²) < 4.78 is 7.38. The van der Waals surface area contributed by atoms with E-state index in [1.165, 1.54) is 6.33 Å². The van der Waals surface area contributed by atoms with Crippen molar-refractivity contribution in [1.29, 1.82) is 0 Å². The molecular formula is C11H14N4O4S. The van der Waals surface area contributed by atoms with Crippen LogP contribution in [0.25, 0.3) is 11.0 Å². The van der Waals surface area contributed by atoms with Gasteiger partial charge in [-0.25, -0.2) is 4.98 Å². The highest BCUT2D eigenvalue weighted by Crippen LogP contribution is 2.32. The van der Waals surface area contributed by atoms with Crippen LogP contribution in [-0.4, -0.2) is 54.8 Å². The molecule has 0 bridgehead atoms. The van der Waals surface area contributed by atoms with Gasteiger partial charge in [-0.1, -0.05) is 12.2 Å². The van der Waals surface area contributed by atoms with E-state index in [4.69, 9.17) is 27.8 Å². The zero-order valence-electron chi connectivity index (χ0n) is 10.3. The normalized spacial score (nSPS) is 30.1. The molecule has 0 saturated carbocycles. The molecule has 1 fully saturated rings. The van der Waals surface area contributed by atoms with Gasteiger partial charge in [0.15, 0.2) is 6.23 Å². The van der Waals surface area contributed by atoms with Crippen molar-refractivity contribution in [1.82, 2.24) is 14.5 Å². The number of imidazole rings is 1. The topological polar surface area (TPSA) is 130 Å². The highest BCUT2D eigenvalue weighted by molar-refractivity contribution is 7.71. The lowest BCUT2D eigenvalue weighted by Gasteiger charge is -2.17. The molecule has 0 aromatic carbocycles. The number of hydrogen-bond acceptors (Lipinski definition) is 7. The molecular weight excluding hydrogens is 284 g/mol. The average Bonchev–Trinajstić information content (AvgIpc) is 2.93. The number of anilines is 1. The first-order valence-electron chi connectivity index (χ1n) is 6.00. The number of nitrogens with zero attached hydrogens (tertiary/aromatic N) is 2. The number of aromatic nitrogens is 3. The van der Waals surface area contributed by atoms with Crippen molar-refractivity contribution in [2.24, 2.45) is 0 Å². The largest absolute Gasteiger partial charge is 0.394 e. The number of hydrogen-bond donors (Lipinski definition) is 5. The van der Waals surface area contributed by atoms with Crippen LogP contribution < -0.4 is 5.73 Å². The van der Waals surface area contributed by atoms with E-state index >= 15 is 0 Å². The van der Waals surface area contributed by atoms with Gasteiger partial charge in [0.2, 0.25) is 0 Å². The van der Waals surface area contributed by atoms with Crippen molar-refractivity contribution in [3.63, 3.8) is 0 Å². The molecule has 0 spiro atoms. The third-order valence-electron chi connectivity index (χ3n) is 3.39. The Balaban J connectivity index is 2.09. The molecule has 3 heterocycles. The van der Waals surface area contributed by atoms with Crippen LogP contribution in [0.4, 0.5) is 5.82 Å². The lowest BCUT2D eigenvalue weighted by Crippen LogP contribution is -2.33. The maximum absolute atomic E-state index is 10.0. The van der Waals surface area contributed by atoms with Gasteiger partial charge in [-0.15, -0.1) is 0 Å². The van der Waals surface area contributed by atoms with Crippen LogP contribution in [0.2, 0.25) is 0 Å². The van der Waals surface area contributed by atoms with E-state index in [1.807, 2.05) is 0 Å². The molecule has 0 aliphatic carbocycles. The molecule has 3 rings (SSSR count). The summed E-state index contributed by atoms with van der Waals surface area (Å²) in [6.07, 6.45) is -2.60. The molecule has 4 atom stereocenters. The first-order valence-corrected chi connectivity index (χ1v) is 6.41. The average molecular weight is 298 g/mol. The monoisotopic (exact) mass is 298 g/mol. The van der Waals surface area contributed by atoms with Gasteiger partial charge in [0.1, 0.15) is 34.3 Å². The molecule has 2 aromatic rings. The summed E-state index contributed by atoms with van der Waals surface area (Å²) in [6.45, 7) is -0.385. The van der Waals surface area contributed by atoms with Crippen molar-refractivity contribution >= 4 is 29.1 Å². The van der Waals surface area contributed by atoms with Crippen LogP contribution in [0.15, 0.2) is 12.4 Å². The highest BCUT2D eigenvalue weighted by atomic mass is 32.1. The zero-order chi connectivity index (χ0) is 14.4. The summed E-state index contributed by atoms with van der Waals surface area (Å²) in [7, 11) is 0. The van der Waals surface area contributed by atoms with Gasteiger partial charge in [-0.2, -0.15) is 0 Å². The van der Waals surface area contributed by atoms with Crippen molar-refractivity contribution in [3.05, 3.63) is 17.0 Å². The van der Waals surface area contributed by atoms with Gasteiger partial charge in [-0.3, -0.25) is 0 Å². The lowest BCUT2D eigenvalue weighted by molar-refractivity contribution is -0.0508. The molecule has 1 aliphatic rings. The highest BCUT2D eigenvalue weighted by Gasteiger charge is 2.43. The van der Waals surface area contributed by atoms with Crippen LogP contribution in [-0.2, 0) is 4.74 Å². The Morgan fingerprint density at radius 2 is 2.20 bits per heavy atom. The summed E-state index contributed by atoms with van der Waals surface area (Å²) in [6, 6.07) is 1.62. The minimum Gasteiger partial charge on any atom is -0.394 e.